The van der Waals surface area contributed by atoms with Crippen LogP contribution in [0.3, 0.4) is 0 Å². The molecule has 0 radical (unpaired) electrons. The molecule has 5 amide bonds. The molecule has 120 valence electrons. The molecule has 10 heteroatoms. The number of rotatable bonds is 4. The maximum Gasteiger partial charge on any atom is 0.321 e. The number of hydrazone groups is 1. The zero-order valence-corrected chi connectivity index (χ0v) is 11.7. The number of nitrogens with zero attached hydrogens (tertiary/aromatic N) is 2. The second kappa shape index (κ2) is 5.91. The lowest BCUT2D eigenvalue weighted by molar-refractivity contribution is -0.121. The SMILES string of the molecule is O=C(CN1C(=O)N[C@H]2NC(=O)N[C@H]21)N/N=C\c1ccc(F)cc1. The molecule has 0 saturated carbocycles. The van der Waals surface area contributed by atoms with Crippen LogP contribution in [0, 0.1) is 5.82 Å². The number of nitrogens with one attached hydrogen (secondary N) is 4. The summed E-state index contributed by atoms with van der Waals surface area (Å²) in [4.78, 5) is 35.9. The zero-order valence-electron chi connectivity index (χ0n) is 11.7. The predicted molar refractivity (Wildman–Crippen MR) is 76.6 cm³/mol. The van der Waals surface area contributed by atoms with Crippen molar-refractivity contribution in [2.24, 2.45) is 5.10 Å². The Bertz CT molecular complexity index is 677. The summed E-state index contributed by atoms with van der Waals surface area (Å²) < 4.78 is 12.7. The average molecular weight is 320 g/mol. The van der Waals surface area contributed by atoms with E-state index >= 15 is 0 Å². The molecule has 9 nitrogen and oxygen atoms in total. The molecule has 0 unspecified atom stereocenters. The van der Waals surface area contributed by atoms with Crippen LogP contribution < -0.4 is 21.4 Å². The summed E-state index contributed by atoms with van der Waals surface area (Å²) in [6.07, 6.45) is 0.163. The molecular formula is C13H13FN6O3. The fourth-order valence-corrected chi connectivity index (χ4v) is 2.28. The third-order valence-corrected chi connectivity index (χ3v) is 3.34. The van der Waals surface area contributed by atoms with E-state index in [1.54, 1.807) is 0 Å². The van der Waals surface area contributed by atoms with E-state index in [1.807, 2.05) is 0 Å². The smallest absolute Gasteiger partial charge is 0.314 e. The highest BCUT2D eigenvalue weighted by atomic mass is 19.1. The summed E-state index contributed by atoms with van der Waals surface area (Å²) in [5.41, 5.74) is 2.88. The molecule has 2 aliphatic rings. The van der Waals surface area contributed by atoms with Gasteiger partial charge in [-0.1, -0.05) is 12.1 Å². The second-order valence-corrected chi connectivity index (χ2v) is 4.96. The Hall–Kier alpha value is -3.17. The van der Waals surface area contributed by atoms with Crippen LogP contribution in [-0.4, -0.2) is 48.0 Å². The number of carbonyl (C=O) groups excluding carboxylic acids is 3. The van der Waals surface area contributed by atoms with Crippen LogP contribution >= 0.6 is 0 Å². The standard InChI is InChI=1S/C13H13FN6O3/c14-8-3-1-7(2-4-8)5-15-19-9(21)6-20-11-10(17-13(20)23)16-12(22)18-11/h1-5,10-11H,6H2,(H,17,23)(H,19,21)(H2,16,18,22)/b15-5-/t10-,11+/m1/s1. The van der Waals surface area contributed by atoms with E-state index in [1.165, 1.54) is 35.4 Å². The first kappa shape index (κ1) is 14.8. The van der Waals surface area contributed by atoms with Crippen LogP contribution in [0.15, 0.2) is 29.4 Å². The van der Waals surface area contributed by atoms with Crippen LogP contribution in [0.4, 0.5) is 14.0 Å². The van der Waals surface area contributed by atoms with Gasteiger partial charge in [-0.15, -0.1) is 0 Å². The number of hydrogen-bond acceptors (Lipinski definition) is 4. The third-order valence-electron chi connectivity index (χ3n) is 3.34. The van der Waals surface area contributed by atoms with Crippen molar-refractivity contribution in [1.29, 1.82) is 0 Å². The van der Waals surface area contributed by atoms with Gasteiger partial charge >= 0.3 is 12.1 Å². The van der Waals surface area contributed by atoms with E-state index in [4.69, 9.17) is 0 Å². The molecule has 1 aromatic rings. The second-order valence-electron chi connectivity index (χ2n) is 4.96. The highest BCUT2D eigenvalue weighted by molar-refractivity contribution is 5.89. The van der Waals surface area contributed by atoms with Crippen LogP contribution in [-0.2, 0) is 4.79 Å². The van der Waals surface area contributed by atoms with Crippen molar-refractivity contribution >= 4 is 24.2 Å². The minimum atomic E-state index is -0.623. The monoisotopic (exact) mass is 320 g/mol. The molecule has 4 N–H and O–H groups in total. The van der Waals surface area contributed by atoms with Gasteiger partial charge in [-0.25, -0.2) is 19.4 Å². The summed E-state index contributed by atoms with van der Waals surface area (Å²) in [6.45, 7) is -0.268. The molecule has 0 aliphatic carbocycles. The highest BCUT2D eigenvalue weighted by Gasteiger charge is 2.45. The Morgan fingerprint density at radius 3 is 2.74 bits per heavy atom. The van der Waals surface area contributed by atoms with Gasteiger partial charge in [0.05, 0.1) is 6.21 Å². The largest absolute Gasteiger partial charge is 0.321 e. The normalized spacial score (nSPS) is 22.6. The fourth-order valence-electron chi connectivity index (χ4n) is 2.28. The maximum absolute atomic E-state index is 12.7. The summed E-state index contributed by atoms with van der Waals surface area (Å²) in [7, 11) is 0. The van der Waals surface area contributed by atoms with E-state index in [-0.39, 0.29) is 12.4 Å². The van der Waals surface area contributed by atoms with Crippen molar-refractivity contribution < 1.29 is 18.8 Å². The lowest BCUT2D eigenvalue weighted by Gasteiger charge is -2.19. The van der Waals surface area contributed by atoms with Gasteiger partial charge in [0.25, 0.3) is 5.91 Å². The first-order valence-corrected chi connectivity index (χ1v) is 6.74. The number of halogens is 1. The van der Waals surface area contributed by atoms with Crippen LogP contribution in [0.5, 0.6) is 0 Å². The Labute approximate surface area is 129 Å². The van der Waals surface area contributed by atoms with Crippen LogP contribution in [0.25, 0.3) is 0 Å². The van der Waals surface area contributed by atoms with Gasteiger partial charge in [0.2, 0.25) is 0 Å². The molecule has 2 aliphatic heterocycles. The lowest BCUT2D eigenvalue weighted by atomic mass is 10.2. The molecule has 2 saturated heterocycles. The van der Waals surface area contributed by atoms with E-state index in [9.17, 15) is 18.8 Å². The minimum Gasteiger partial charge on any atom is -0.314 e. The van der Waals surface area contributed by atoms with Crippen molar-refractivity contribution in [3.8, 4) is 0 Å². The molecular weight excluding hydrogens is 307 g/mol. The first-order chi connectivity index (χ1) is 11.0. The molecule has 23 heavy (non-hydrogen) atoms. The molecule has 3 rings (SSSR count). The van der Waals surface area contributed by atoms with Gasteiger partial charge in [-0.05, 0) is 17.7 Å². The number of benzene rings is 1. The minimum absolute atomic E-state index is 0.268. The molecule has 0 aromatic heterocycles. The Kier molecular flexibility index (Phi) is 3.79. The number of carbonyl (C=O) groups is 3. The number of hydrogen-bond donors (Lipinski definition) is 4. The molecule has 2 heterocycles. The molecule has 0 bridgehead atoms. The van der Waals surface area contributed by atoms with E-state index in [0.717, 1.165) is 0 Å². The van der Waals surface area contributed by atoms with E-state index in [0.29, 0.717) is 5.56 Å². The number of amides is 5. The highest BCUT2D eigenvalue weighted by Crippen LogP contribution is 2.13. The average Bonchev–Trinajstić information content (AvgIpc) is 2.98. The first-order valence-electron chi connectivity index (χ1n) is 6.74. The molecule has 2 atom stereocenters. The van der Waals surface area contributed by atoms with Gasteiger partial charge in [0, 0.05) is 0 Å². The molecule has 2 fully saturated rings. The number of urea groups is 2. The van der Waals surface area contributed by atoms with Crippen molar-refractivity contribution in [2.75, 3.05) is 6.54 Å². The zero-order chi connectivity index (χ0) is 16.4. The van der Waals surface area contributed by atoms with Crippen molar-refractivity contribution in [1.82, 2.24) is 26.3 Å². The number of fused-ring (bicyclic) bond motifs is 1. The van der Waals surface area contributed by atoms with Crippen molar-refractivity contribution in [2.45, 2.75) is 12.3 Å². The van der Waals surface area contributed by atoms with E-state index in [2.05, 4.69) is 26.5 Å². The van der Waals surface area contributed by atoms with Crippen molar-refractivity contribution in [3.63, 3.8) is 0 Å². The maximum atomic E-state index is 12.7. The summed E-state index contributed by atoms with van der Waals surface area (Å²) in [5, 5.41) is 11.3. The van der Waals surface area contributed by atoms with Gasteiger partial charge < -0.3 is 16.0 Å². The Morgan fingerprint density at radius 2 is 2.00 bits per heavy atom. The van der Waals surface area contributed by atoms with E-state index < -0.39 is 30.3 Å². The van der Waals surface area contributed by atoms with Crippen LogP contribution in [0.1, 0.15) is 5.56 Å². The Morgan fingerprint density at radius 1 is 1.26 bits per heavy atom. The van der Waals surface area contributed by atoms with Gasteiger partial charge in [-0.3, -0.25) is 9.69 Å². The predicted octanol–water partition coefficient (Wildman–Crippen LogP) is -0.734. The summed E-state index contributed by atoms with van der Waals surface area (Å²) in [5.74, 6) is -0.895. The topological polar surface area (TPSA) is 115 Å². The quantitative estimate of drug-likeness (QED) is 0.433. The summed E-state index contributed by atoms with van der Waals surface area (Å²) >= 11 is 0. The third kappa shape index (κ3) is 3.20. The summed E-state index contributed by atoms with van der Waals surface area (Å²) in [6, 6.07) is 4.67. The molecule has 1 aromatic carbocycles. The van der Waals surface area contributed by atoms with Crippen LogP contribution in [0.2, 0.25) is 0 Å². The Balaban J connectivity index is 1.54. The van der Waals surface area contributed by atoms with Gasteiger partial charge in [-0.2, -0.15) is 5.10 Å². The van der Waals surface area contributed by atoms with Gasteiger partial charge in [0.15, 0.2) is 0 Å². The fraction of sp³-hybridized carbons (Fsp3) is 0.231. The lowest BCUT2D eigenvalue weighted by Crippen LogP contribution is -2.47. The molecule has 0 spiro atoms. The van der Waals surface area contributed by atoms with Crippen molar-refractivity contribution in [3.05, 3.63) is 35.6 Å². The van der Waals surface area contributed by atoms with Gasteiger partial charge in [0.1, 0.15) is 24.7 Å².